The number of nitrogens with zero attached hydrogens (tertiary/aromatic N) is 5. The van der Waals surface area contributed by atoms with Crippen LogP contribution in [0.1, 0.15) is 81.4 Å². The molecule has 0 radical (unpaired) electrons. The van der Waals surface area contributed by atoms with Gasteiger partial charge in [0.05, 0.1) is 18.1 Å². The number of benzene rings is 1. The lowest BCUT2D eigenvalue weighted by molar-refractivity contribution is 0.0142. The molecule has 6 rings (SSSR count). The van der Waals surface area contributed by atoms with Crippen LogP contribution in [-0.4, -0.2) is 54.6 Å². The number of alkyl halides is 1. The van der Waals surface area contributed by atoms with E-state index in [1.54, 1.807) is 13.8 Å². The van der Waals surface area contributed by atoms with Gasteiger partial charge in [0.25, 0.3) is 11.5 Å². The topological polar surface area (TPSA) is 96.2 Å². The van der Waals surface area contributed by atoms with Crippen molar-refractivity contribution in [3.05, 3.63) is 69.9 Å². The first-order valence-electron chi connectivity index (χ1n) is 17.5. The highest BCUT2D eigenvalue weighted by molar-refractivity contribution is 6.06. The summed E-state index contributed by atoms with van der Waals surface area (Å²) < 4.78 is 107. The maximum absolute atomic E-state index is 14.0. The van der Waals surface area contributed by atoms with E-state index in [1.807, 2.05) is 0 Å². The molecule has 38 heavy (non-hydrogen) atoms. The highest BCUT2D eigenvalue weighted by atomic mass is 19.1. The quantitative estimate of drug-likeness (QED) is 0.398. The van der Waals surface area contributed by atoms with Crippen LogP contribution in [0.3, 0.4) is 0 Å². The first-order valence-corrected chi connectivity index (χ1v) is 12.0. The van der Waals surface area contributed by atoms with Crippen molar-refractivity contribution in [3.63, 3.8) is 0 Å². The molecule has 1 saturated heterocycles. The fourth-order valence-electron chi connectivity index (χ4n) is 4.69. The zero-order chi connectivity index (χ0) is 36.3. The van der Waals surface area contributed by atoms with Gasteiger partial charge < -0.3 is 9.88 Å². The smallest absolute Gasteiger partial charge is 0.274 e. The number of aryl methyl sites for hydroxylation is 1. The van der Waals surface area contributed by atoms with E-state index in [9.17, 15) is 14.0 Å². The van der Waals surface area contributed by atoms with Crippen LogP contribution in [0.25, 0.3) is 28.3 Å². The Labute approximate surface area is 235 Å². The minimum absolute atomic E-state index is 0.0178. The fourth-order valence-corrected chi connectivity index (χ4v) is 4.69. The molecule has 9 heteroatoms. The number of rotatable bonds is 5. The van der Waals surface area contributed by atoms with Gasteiger partial charge in [-0.3, -0.25) is 23.9 Å². The van der Waals surface area contributed by atoms with Crippen LogP contribution in [0.15, 0.2) is 47.5 Å². The van der Waals surface area contributed by atoms with E-state index in [1.165, 1.54) is 29.4 Å². The van der Waals surface area contributed by atoms with Crippen molar-refractivity contribution in [1.82, 2.24) is 29.5 Å². The van der Waals surface area contributed by atoms with Crippen LogP contribution in [-0.2, 0) is 0 Å². The third kappa shape index (κ3) is 4.10. The van der Waals surface area contributed by atoms with E-state index in [0.29, 0.717) is 5.69 Å². The maximum Gasteiger partial charge on any atom is 0.274 e. The van der Waals surface area contributed by atoms with E-state index in [4.69, 9.17) is 15.1 Å². The molecule has 1 aromatic carbocycles. The largest absolute Gasteiger partial charge is 0.339 e. The number of H-pyrrole nitrogens is 1. The molecule has 1 saturated carbocycles. The molecule has 1 aliphatic heterocycles. The van der Waals surface area contributed by atoms with Gasteiger partial charge in [-0.1, -0.05) is 43.4 Å². The summed E-state index contributed by atoms with van der Waals surface area (Å²) in [7, 11) is 0. The van der Waals surface area contributed by atoms with Crippen molar-refractivity contribution >= 4 is 11.6 Å². The summed E-state index contributed by atoms with van der Waals surface area (Å²) in [5.41, 5.74) is -0.107. The molecule has 1 N–H and O–H groups in total. The maximum atomic E-state index is 14.0. The van der Waals surface area contributed by atoms with E-state index in [2.05, 4.69) is 20.1 Å². The first kappa shape index (κ1) is 14.9. The molecule has 0 spiro atoms. The number of fused-ring (bicyclic) bond motifs is 1. The summed E-state index contributed by atoms with van der Waals surface area (Å²) in [6, 6.07) is 5.46. The van der Waals surface area contributed by atoms with Crippen LogP contribution in [0, 0.1) is 12.8 Å². The molecule has 2 fully saturated rings. The van der Waals surface area contributed by atoms with Gasteiger partial charge in [-0.15, -0.1) is 0 Å². The van der Waals surface area contributed by atoms with Gasteiger partial charge in [-0.05, 0) is 43.6 Å². The predicted octanol–water partition coefficient (Wildman–Crippen LogP) is 4.93. The summed E-state index contributed by atoms with van der Waals surface area (Å²) in [4.78, 5) is 40.4. The predicted molar refractivity (Wildman–Crippen MR) is 143 cm³/mol. The monoisotopic (exact) mass is 525 g/mol. The zero-order valence-corrected chi connectivity index (χ0v) is 20.5. The number of amides is 1. The Kier molecular flexibility index (Phi) is 3.83. The number of likely N-dealkylation sites (tertiary alicyclic amines) is 1. The lowest BCUT2D eigenvalue weighted by atomic mass is 9.84. The molecule has 2 aliphatic rings. The van der Waals surface area contributed by atoms with Crippen molar-refractivity contribution in [2.45, 2.75) is 57.6 Å². The summed E-state index contributed by atoms with van der Waals surface area (Å²) >= 11 is 0. The van der Waals surface area contributed by atoms with Crippen molar-refractivity contribution in [2.75, 3.05) is 13.2 Å². The summed E-state index contributed by atoms with van der Waals surface area (Å²) in [6.07, 6.45) is -15.2. The van der Waals surface area contributed by atoms with Crippen LogP contribution < -0.4 is 5.56 Å². The Bertz CT molecular complexity index is 2020. The molecule has 1 aliphatic carbocycles. The van der Waals surface area contributed by atoms with Gasteiger partial charge in [-0.2, -0.15) is 9.61 Å². The minimum atomic E-state index is -3.66. The standard InChI is InChI=1S/C29H31FN6O2/c1-17-26(32-13-12-31-17)27-25(29(38)35-16-22(15-30)18(35)2)28-33-23(14-24(37)36(28)34-27)21-10-8-20(9-11-21)19-6-4-3-5-7-19/h8-14,18-19,22,33H,3-7,15-16H2,1-2H3/t18-,22-/m0/s1/i3D2,4D2,5D2,6D2,7D2,19D. The number of aromatic nitrogens is 5. The van der Waals surface area contributed by atoms with Crippen molar-refractivity contribution in [3.8, 4) is 22.6 Å². The van der Waals surface area contributed by atoms with Gasteiger partial charge in [0, 0.05) is 52.0 Å². The highest BCUT2D eigenvalue weighted by Crippen LogP contribution is 2.35. The molecular weight excluding hydrogens is 483 g/mol. The molecule has 8 nitrogen and oxygen atoms in total. The molecule has 0 unspecified atom stereocenters. The van der Waals surface area contributed by atoms with Crippen molar-refractivity contribution in [2.24, 2.45) is 5.92 Å². The molecule has 2 atom stereocenters. The normalized spacial score (nSPS) is 31.8. The van der Waals surface area contributed by atoms with E-state index in [-0.39, 0.29) is 46.3 Å². The Morgan fingerprint density at radius 1 is 1.16 bits per heavy atom. The number of carbonyl (C=O) groups is 1. The number of hydrogen-bond donors (Lipinski definition) is 1. The Morgan fingerprint density at radius 2 is 1.89 bits per heavy atom. The van der Waals surface area contributed by atoms with Crippen LogP contribution in [0.5, 0.6) is 0 Å². The number of halogens is 1. The van der Waals surface area contributed by atoms with Crippen LogP contribution >= 0.6 is 0 Å². The molecule has 0 bridgehead atoms. The van der Waals surface area contributed by atoms with E-state index < -0.39 is 67.5 Å². The SMILES string of the molecule is [2H]C1([2H])C([2H])([2H])C([2H])([2H])C([2H])(c2ccc(-c3cc(=O)n4nc(-c5nccnc5C)c(C(=O)N5C[C@H](CF)[C@@H]5C)c4[nH]3)cc2)C([2H])([2H])C1([2H])[2H]. The lowest BCUT2D eigenvalue weighted by Crippen LogP contribution is -2.58. The summed E-state index contributed by atoms with van der Waals surface area (Å²) in [5.74, 6) is -4.17. The summed E-state index contributed by atoms with van der Waals surface area (Å²) in [5, 5.41) is 4.40. The highest BCUT2D eigenvalue weighted by Gasteiger charge is 2.41. The first-order chi connectivity index (χ1) is 22.6. The molecule has 3 aromatic heterocycles. The second kappa shape index (κ2) is 9.78. The Balaban J connectivity index is 1.50. The molecule has 4 heterocycles. The Hall–Kier alpha value is -3.88. The lowest BCUT2D eigenvalue weighted by Gasteiger charge is -2.45. The van der Waals surface area contributed by atoms with Gasteiger partial charge in [0.2, 0.25) is 0 Å². The van der Waals surface area contributed by atoms with E-state index >= 15 is 0 Å². The van der Waals surface area contributed by atoms with Gasteiger partial charge in [0.15, 0.2) is 5.65 Å². The average Bonchev–Trinajstić information content (AvgIpc) is 3.43. The minimum Gasteiger partial charge on any atom is -0.339 e. The fraction of sp³-hybridized carbons (Fsp3) is 0.414. The van der Waals surface area contributed by atoms with Crippen LogP contribution in [0.2, 0.25) is 0 Å². The number of aromatic amines is 1. The molecule has 196 valence electrons. The molecule has 1 amide bonds. The molecular formula is C29H31FN6O2. The number of nitrogens with one attached hydrogen (secondary N) is 1. The van der Waals surface area contributed by atoms with E-state index in [0.717, 1.165) is 22.7 Å². The van der Waals surface area contributed by atoms with Gasteiger partial charge >= 0.3 is 0 Å². The van der Waals surface area contributed by atoms with Gasteiger partial charge in [-0.25, -0.2) is 0 Å². The van der Waals surface area contributed by atoms with Crippen LogP contribution in [0.4, 0.5) is 4.39 Å². The van der Waals surface area contributed by atoms with Gasteiger partial charge in [0.1, 0.15) is 17.0 Å². The zero-order valence-electron chi connectivity index (χ0n) is 31.5. The van der Waals surface area contributed by atoms with Crippen molar-refractivity contribution < 1.29 is 24.3 Å². The third-order valence-electron chi connectivity index (χ3n) is 6.98. The second-order valence-electron chi connectivity index (χ2n) is 9.19. The third-order valence-corrected chi connectivity index (χ3v) is 6.98. The second-order valence-corrected chi connectivity index (χ2v) is 9.19. The Morgan fingerprint density at radius 3 is 2.58 bits per heavy atom. The molecule has 4 aromatic rings. The number of hydrogen-bond acceptors (Lipinski definition) is 5. The number of carbonyl (C=O) groups excluding carboxylic acids is 1. The van der Waals surface area contributed by atoms with Crippen molar-refractivity contribution in [1.29, 1.82) is 0 Å². The average molecular weight is 526 g/mol. The summed E-state index contributed by atoms with van der Waals surface area (Å²) in [6.45, 7) is 2.90.